The number of amides is 1. The molecule has 1 aliphatic heterocycles. The molecule has 1 N–H and O–H groups in total. The fraction of sp³-hybridized carbons (Fsp3) is 0.350. The maximum Gasteiger partial charge on any atom is 0.263 e. The van der Waals surface area contributed by atoms with Crippen LogP contribution >= 0.6 is 0 Å². The van der Waals surface area contributed by atoms with E-state index in [0.29, 0.717) is 18.0 Å². The van der Waals surface area contributed by atoms with Crippen molar-refractivity contribution >= 4 is 21.6 Å². The largest absolute Gasteiger partial charge is 0.494 e. The zero-order valence-electron chi connectivity index (χ0n) is 16.1. The molecule has 0 saturated heterocycles. The van der Waals surface area contributed by atoms with E-state index in [4.69, 9.17) is 9.47 Å². The Bertz CT molecular complexity index is 943. The van der Waals surface area contributed by atoms with Gasteiger partial charge in [-0.1, -0.05) is 24.3 Å². The molecular weight excluding hydrogens is 380 g/mol. The van der Waals surface area contributed by atoms with Crippen LogP contribution in [0.15, 0.2) is 48.5 Å². The second-order valence-electron chi connectivity index (χ2n) is 6.60. The van der Waals surface area contributed by atoms with Gasteiger partial charge in [0.25, 0.3) is 5.91 Å². The molecule has 0 aliphatic carbocycles. The third-order valence-electron chi connectivity index (χ3n) is 4.48. The topological polar surface area (TPSA) is 84.9 Å². The van der Waals surface area contributed by atoms with Gasteiger partial charge in [-0.3, -0.25) is 9.10 Å². The van der Waals surface area contributed by atoms with Crippen LogP contribution in [-0.2, 0) is 14.8 Å². The van der Waals surface area contributed by atoms with Crippen LogP contribution in [0.4, 0.5) is 5.69 Å². The van der Waals surface area contributed by atoms with Gasteiger partial charge in [0.15, 0.2) is 6.10 Å². The van der Waals surface area contributed by atoms with Crippen LogP contribution in [-0.4, -0.2) is 39.8 Å². The van der Waals surface area contributed by atoms with Gasteiger partial charge >= 0.3 is 0 Å². The molecule has 8 heteroatoms. The first kappa shape index (κ1) is 20.0. The number of fused-ring (bicyclic) bond motifs is 1. The summed E-state index contributed by atoms with van der Waals surface area (Å²) < 4.78 is 36.7. The van der Waals surface area contributed by atoms with E-state index in [1.54, 1.807) is 24.3 Å². The maximum absolute atomic E-state index is 12.8. The van der Waals surface area contributed by atoms with E-state index in [-0.39, 0.29) is 18.5 Å². The predicted octanol–water partition coefficient (Wildman–Crippen LogP) is 2.49. The molecule has 0 saturated carbocycles. The number of ether oxygens (including phenoxy) is 2. The minimum atomic E-state index is -3.54. The summed E-state index contributed by atoms with van der Waals surface area (Å²) in [5.74, 6) is 0.762. The number of nitrogens with zero attached hydrogens (tertiary/aromatic N) is 1. The third-order valence-corrected chi connectivity index (χ3v) is 5.62. The van der Waals surface area contributed by atoms with Gasteiger partial charge in [-0.05, 0) is 43.7 Å². The molecule has 2 atom stereocenters. The van der Waals surface area contributed by atoms with E-state index < -0.39 is 16.1 Å². The lowest BCUT2D eigenvalue weighted by molar-refractivity contribution is -0.128. The van der Waals surface area contributed by atoms with Crippen molar-refractivity contribution in [1.29, 1.82) is 0 Å². The Labute approximate surface area is 165 Å². The van der Waals surface area contributed by atoms with Crippen LogP contribution in [0.5, 0.6) is 11.5 Å². The second-order valence-corrected chi connectivity index (χ2v) is 8.51. The number of para-hydroxylation sites is 2. The maximum atomic E-state index is 12.8. The molecule has 2 aromatic rings. The molecule has 3 rings (SSSR count). The molecule has 0 fully saturated rings. The molecule has 1 aliphatic rings. The Morgan fingerprint density at radius 3 is 2.57 bits per heavy atom. The summed E-state index contributed by atoms with van der Waals surface area (Å²) in [6, 6.07) is 14.0. The minimum Gasteiger partial charge on any atom is -0.494 e. The number of carbonyl (C=O) groups excluding carboxylic acids is 1. The fourth-order valence-corrected chi connectivity index (χ4v) is 3.98. The van der Waals surface area contributed by atoms with Crippen LogP contribution in [0.3, 0.4) is 0 Å². The summed E-state index contributed by atoms with van der Waals surface area (Å²) in [6.07, 6.45) is 0.182. The van der Waals surface area contributed by atoms with Crippen LogP contribution in [0.2, 0.25) is 0 Å². The van der Waals surface area contributed by atoms with E-state index in [2.05, 4.69) is 5.32 Å². The molecule has 150 valence electrons. The summed E-state index contributed by atoms with van der Waals surface area (Å²) >= 11 is 0. The van der Waals surface area contributed by atoms with E-state index in [1.165, 1.54) is 4.31 Å². The monoisotopic (exact) mass is 404 g/mol. The Morgan fingerprint density at radius 1 is 1.25 bits per heavy atom. The summed E-state index contributed by atoms with van der Waals surface area (Å²) in [4.78, 5) is 12.8. The first-order chi connectivity index (χ1) is 13.3. The molecule has 0 spiro atoms. The van der Waals surface area contributed by atoms with Gasteiger partial charge in [-0.2, -0.15) is 0 Å². The third kappa shape index (κ3) is 4.39. The number of sulfonamides is 1. The van der Waals surface area contributed by atoms with Gasteiger partial charge in [0.2, 0.25) is 10.0 Å². The zero-order chi connectivity index (χ0) is 20.3. The Hall–Kier alpha value is -2.74. The SMILES string of the molecule is CCOc1ccc([C@H](C)NC(=O)[C@@H]2CN(S(C)(=O)=O)c3ccccc3O2)cc1. The van der Waals surface area contributed by atoms with E-state index in [0.717, 1.165) is 17.6 Å². The van der Waals surface area contributed by atoms with Gasteiger partial charge in [-0.15, -0.1) is 0 Å². The number of anilines is 1. The van der Waals surface area contributed by atoms with Crippen LogP contribution < -0.4 is 19.1 Å². The predicted molar refractivity (Wildman–Crippen MR) is 107 cm³/mol. The van der Waals surface area contributed by atoms with Crippen LogP contribution in [0, 0.1) is 0 Å². The average molecular weight is 404 g/mol. The quantitative estimate of drug-likeness (QED) is 0.800. The molecule has 7 nitrogen and oxygen atoms in total. The highest BCUT2D eigenvalue weighted by atomic mass is 32.2. The number of hydrogen-bond acceptors (Lipinski definition) is 5. The summed E-state index contributed by atoms with van der Waals surface area (Å²) in [6.45, 7) is 4.29. The Balaban J connectivity index is 1.74. The van der Waals surface area contributed by atoms with E-state index >= 15 is 0 Å². The van der Waals surface area contributed by atoms with Crippen molar-refractivity contribution in [3.05, 3.63) is 54.1 Å². The number of benzene rings is 2. The van der Waals surface area contributed by atoms with Crippen molar-refractivity contribution in [2.24, 2.45) is 0 Å². The minimum absolute atomic E-state index is 0.0717. The highest BCUT2D eigenvalue weighted by molar-refractivity contribution is 7.92. The van der Waals surface area contributed by atoms with Gasteiger partial charge in [0.1, 0.15) is 11.5 Å². The van der Waals surface area contributed by atoms with Gasteiger partial charge < -0.3 is 14.8 Å². The van der Waals surface area contributed by atoms with Crippen molar-refractivity contribution in [3.8, 4) is 11.5 Å². The number of hydrogen-bond donors (Lipinski definition) is 1. The standard InChI is InChI=1S/C20H24N2O5S/c1-4-26-16-11-9-15(10-12-16)14(2)21-20(23)19-13-22(28(3,24)25)17-7-5-6-8-18(17)27-19/h5-12,14,19H,4,13H2,1-3H3,(H,21,23)/t14-,19-/m0/s1. The lowest BCUT2D eigenvalue weighted by atomic mass is 10.1. The summed E-state index contributed by atoms with van der Waals surface area (Å²) in [5.41, 5.74) is 1.35. The van der Waals surface area contributed by atoms with Crippen molar-refractivity contribution in [1.82, 2.24) is 5.32 Å². The van der Waals surface area contributed by atoms with E-state index in [9.17, 15) is 13.2 Å². The first-order valence-corrected chi connectivity index (χ1v) is 10.9. The Kier molecular flexibility index (Phi) is 5.79. The van der Waals surface area contributed by atoms with Crippen molar-refractivity contribution in [3.63, 3.8) is 0 Å². The van der Waals surface area contributed by atoms with Crippen molar-refractivity contribution in [2.45, 2.75) is 26.0 Å². The highest BCUT2D eigenvalue weighted by Crippen LogP contribution is 2.34. The average Bonchev–Trinajstić information content (AvgIpc) is 2.67. The molecule has 0 unspecified atom stereocenters. The van der Waals surface area contributed by atoms with Gasteiger partial charge in [-0.25, -0.2) is 8.42 Å². The molecule has 1 amide bonds. The van der Waals surface area contributed by atoms with E-state index in [1.807, 2.05) is 38.1 Å². The molecule has 1 heterocycles. The van der Waals surface area contributed by atoms with Gasteiger partial charge in [0, 0.05) is 0 Å². The summed E-state index contributed by atoms with van der Waals surface area (Å²) in [7, 11) is -3.54. The normalized spacial score (nSPS) is 17.2. The lowest BCUT2D eigenvalue weighted by Crippen LogP contribution is -2.50. The molecular formula is C20H24N2O5S. The van der Waals surface area contributed by atoms with Crippen LogP contribution in [0.25, 0.3) is 0 Å². The number of carbonyl (C=O) groups is 1. The van der Waals surface area contributed by atoms with Crippen LogP contribution in [0.1, 0.15) is 25.5 Å². The first-order valence-electron chi connectivity index (χ1n) is 9.06. The van der Waals surface area contributed by atoms with Crippen molar-refractivity contribution in [2.75, 3.05) is 23.7 Å². The summed E-state index contributed by atoms with van der Waals surface area (Å²) in [5, 5.41) is 2.89. The molecule has 0 aromatic heterocycles. The molecule has 2 aromatic carbocycles. The molecule has 0 bridgehead atoms. The molecule has 0 radical (unpaired) electrons. The second kappa shape index (κ2) is 8.10. The molecule has 28 heavy (non-hydrogen) atoms. The lowest BCUT2D eigenvalue weighted by Gasteiger charge is -2.34. The smallest absolute Gasteiger partial charge is 0.263 e. The fourth-order valence-electron chi connectivity index (χ4n) is 3.06. The van der Waals surface area contributed by atoms with Gasteiger partial charge in [0.05, 0.1) is 31.1 Å². The highest BCUT2D eigenvalue weighted by Gasteiger charge is 2.35. The Morgan fingerprint density at radius 2 is 1.93 bits per heavy atom. The van der Waals surface area contributed by atoms with Crippen molar-refractivity contribution < 1.29 is 22.7 Å². The zero-order valence-corrected chi connectivity index (χ0v) is 16.9. The number of nitrogens with one attached hydrogen (secondary N) is 1. The number of rotatable bonds is 6.